The number of guanidine groups is 1. The molecular formula is C14H21N5O3. The molecule has 22 heavy (non-hydrogen) atoms. The van der Waals surface area contributed by atoms with Crippen molar-refractivity contribution in [3.05, 3.63) is 11.4 Å². The van der Waals surface area contributed by atoms with Crippen molar-refractivity contribution in [1.29, 1.82) is 0 Å². The summed E-state index contributed by atoms with van der Waals surface area (Å²) in [4.78, 5) is 28.5. The molecule has 3 rings (SSSR count). The first-order chi connectivity index (χ1) is 10.5. The van der Waals surface area contributed by atoms with Gasteiger partial charge < -0.3 is 10.1 Å². The van der Waals surface area contributed by atoms with Gasteiger partial charge in [-0.1, -0.05) is 0 Å². The lowest BCUT2D eigenvalue weighted by Gasteiger charge is -2.32. The second kappa shape index (κ2) is 5.96. The van der Waals surface area contributed by atoms with Crippen LogP contribution in [0.15, 0.2) is 16.4 Å². The van der Waals surface area contributed by atoms with Crippen LogP contribution >= 0.6 is 0 Å². The minimum atomic E-state index is -0.606. The third kappa shape index (κ3) is 2.92. The molecule has 2 saturated heterocycles. The number of fused-ring (bicyclic) bond motifs is 1. The fourth-order valence-corrected chi connectivity index (χ4v) is 2.68. The highest BCUT2D eigenvalue weighted by atomic mass is 16.5. The monoisotopic (exact) mass is 307 g/mol. The number of hydrogen-bond acceptors (Lipinski definition) is 6. The largest absolute Gasteiger partial charge is 0.376 e. The Labute approximate surface area is 128 Å². The van der Waals surface area contributed by atoms with Crippen LogP contribution < -0.4 is 16.1 Å². The first kappa shape index (κ1) is 14.8. The molecule has 120 valence electrons. The quantitative estimate of drug-likeness (QED) is 0.659. The van der Waals surface area contributed by atoms with Gasteiger partial charge in [-0.2, -0.15) is 4.99 Å². The Bertz CT molecular complexity index is 547. The smallest absolute Gasteiger partial charge is 0.245 e. The number of ether oxygens (including phenoxy) is 1. The maximum Gasteiger partial charge on any atom is 0.245 e. The molecule has 3 aliphatic rings. The van der Waals surface area contributed by atoms with E-state index in [1.165, 1.54) is 0 Å². The van der Waals surface area contributed by atoms with Crippen LogP contribution in [0, 0.1) is 0 Å². The minimum Gasteiger partial charge on any atom is -0.376 e. The lowest BCUT2D eigenvalue weighted by atomic mass is 10.1. The average Bonchev–Trinajstić information content (AvgIpc) is 3.12. The summed E-state index contributed by atoms with van der Waals surface area (Å²) < 4.78 is 5.49. The number of aliphatic imine (C=N–C) groups is 1. The van der Waals surface area contributed by atoms with Crippen molar-refractivity contribution >= 4 is 17.8 Å². The number of hydrazine groups is 1. The Kier molecular flexibility index (Phi) is 4.02. The Morgan fingerprint density at radius 1 is 1.50 bits per heavy atom. The second-order valence-corrected chi connectivity index (χ2v) is 5.91. The van der Waals surface area contributed by atoms with E-state index in [9.17, 15) is 9.59 Å². The normalized spacial score (nSPS) is 27.0. The van der Waals surface area contributed by atoms with Gasteiger partial charge in [0.05, 0.1) is 12.5 Å². The molecule has 0 aromatic carbocycles. The van der Waals surface area contributed by atoms with Gasteiger partial charge in [-0.25, -0.2) is 5.01 Å². The van der Waals surface area contributed by atoms with Gasteiger partial charge in [0.1, 0.15) is 11.9 Å². The van der Waals surface area contributed by atoms with Gasteiger partial charge >= 0.3 is 0 Å². The SMILES string of the molecule is CC(C)=C1N=C2NC(=O)C[C@H](C(=O)NC[C@H]3CCCO3)N2N1. The molecule has 2 atom stereocenters. The summed E-state index contributed by atoms with van der Waals surface area (Å²) in [6, 6.07) is -0.606. The van der Waals surface area contributed by atoms with Gasteiger partial charge in [0.2, 0.25) is 17.8 Å². The summed E-state index contributed by atoms with van der Waals surface area (Å²) in [5.74, 6) is 0.642. The number of carbonyl (C=O) groups is 2. The summed E-state index contributed by atoms with van der Waals surface area (Å²) in [5.41, 5.74) is 4.06. The first-order valence-electron chi connectivity index (χ1n) is 7.56. The standard InChI is InChI=1S/C14H21N5O3/c1-8(2)12-17-14-16-11(20)6-10(19(14)18-12)13(21)15-7-9-4-3-5-22-9/h9-10,18H,3-7H2,1-2H3,(H,15,21)(H,16,17,20)/t9-,10-/m1/s1. The molecule has 0 aliphatic carbocycles. The molecule has 2 amide bonds. The summed E-state index contributed by atoms with van der Waals surface area (Å²) in [6.45, 7) is 5.06. The van der Waals surface area contributed by atoms with E-state index in [1.54, 1.807) is 5.01 Å². The molecule has 8 heteroatoms. The highest BCUT2D eigenvalue weighted by Crippen LogP contribution is 2.18. The van der Waals surface area contributed by atoms with Gasteiger partial charge in [-0.3, -0.25) is 20.3 Å². The number of amides is 2. The Morgan fingerprint density at radius 3 is 3.00 bits per heavy atom. The maximum absolute atomic E-state index is 12.4. The van der Waals surface area contributed by atoms with Crippen molar-refractivity contribution in [2.45, 2.75) is 45.3 Å². The van der Waals surface area contributed by atoms with E-state index in [-0.39, 0.29) is 24.3 Å². The van der Waals surface area contributed by atoms with Gasteiger partial charge in [-0.15, -0.1) is 0 Å². The summed E-state index contributed by atoms with van der Waals surface area (Å²) in [7, 11) is 0. The third-order valence-corrected chi connectivity index (χ3v) is 3.92. The van der Waals surface area contributed by atoms with Crippen molar-refractivity contribution in [3.63, 3.8) is 0 Å². The third-order valence-electron chi connectivity index (χ3n) is 3.92. The Balaban J connectivity index is 1.67. The second-order valence-electron chi connectivity index (χ2n) is 5.91. The number of carbonyl (C=O) groups excluding carboxylic acids is 2. The van der Waals surface area contributed by atoms with E-state index < -0.39 is 6.04 Å². The fraction of sp³-hybridized carbons (Fsp3) is 0.643. The van der Waals surface area contributed by atoms with Gasteiger partial charge in [0, 0.05) is 13.2 Å². The van der Waals surface area contributed by atoms with Crippen LogP contribution in [0.25, 0.3) is 0 Å². The summed E-state index contributed by atoms with van der Waals surface area (Å²) in [5, 5.41) is 7.18. The number of nitrogens with zero attached hydrogens (tertiary/aromatic N) is 2. The van der Waals surface area contributed by atoms with Crippen LogP contribution in [0.4, 0.5) is 0 Å². The lowest BCUT2D eigenvalue weighted by Crippen LogP contribution is -2.62. The number of allylic oxidation sites excluding steroid dienone is 1. The Morgan fingerprint density at radius 2 is 2.32 bits per heavy atom. The molecule has 3 heterocycles. The van der Waals surface area contributed by atoms with Crippen LogP contribution in [-0.2, 0) is 14.3 Å². The number of rotatable bonds is 3. The lowest BCUT2D eigenvalue weighted by molar-refractivity contribution is -0.132. The van der Waals surface area contributed by atoms with E-state index in [0.29, 0.717) is 18.3 Å². The van der Waals surface area contributed by atoms with E-state index in [0.717, 1.165) is 25.0 Å². The van der Waals surface area contributed by atoms with Gasteiger partial charge in [0.25, 0.3) is 0 Å². The Hall–Kier alpha value is -2.09. The van der Waals surface area contributed by atoms with E-state index in [2.05, 4.69) is 21.1 Å². The van der Waals surface area contributed by atoms with Crippen molar-refractivity contribution in [2.75, 3.05) is 13.2 Å². The van der Waals surface area contributed by atoms with Gasteiger partial charge in [0.15, 0.2) is 0 Å². The van der Waals surface area contributed by atoms with Crippen LogP contribution in [0.5, 0.6) is 0 Å². The van der Waals surface area contributed by atoms with Crippen molar-refractivity contribution in [2.24, 2.45) is 4.99 Å². The topological polar surface area (TPSA) is 95.1 Å². The average molecular weight is 307 g/mol. The predicted octanol–water partition coefficient (Wildman–Crippen LogP) is -0.402. The molecule has 0 spiro atoms. The zero-order valence-electron chi connectivity index (χ0n) is 12.8. The fourth-order valence-electron chi connectivity index (χ4n) is 2.68. The molecular weight excluding hydrogens is 286 g/mol. The molecule has 8 nitrogen and oxygen atoms in total. The van der Waals surface area contributed by atoms with Crippen LogP contribution in [0.2, 0.25) is 0 Å². The van der Waals surface area contributed by atoms with Crippen LogP contribution in [0.1, 0.15) is 33.1 Å². The number of nitrogens with one attached hydrogen (secondary N) is 3. The zero-order valence-corrected chi connectivity index (χ0v) is 12.8. The predicted molar refractivity (Wildman–Crippen MR) is 79.3 cm³/mol. The molecule has 2 fully saturated rings. The molecule has 3 N–H and O–H groups in total. The molecule has 0 bridgehead atoms. The van der Waals surface area contributed by atoms with Crippen molar-refractivity contribution in [1.82, 2.24) is 21.1 Å². The zero-order chi connectivity index (χ0) is 15.7. The van der Waals surface area contributed by atoms with Crippen LogP contribution in [-0.4, -0.2) is 48.1 Å². The molecule has 0 saturated carbocycles. The van der Waals surface area contributed by atoms with E-state index in [4.69, 9.17) is 4.74 Å². The highest BCUT2D eigenvalue weighted by Gasteiger charge is 2.39. The molecule has 0 unspecified atom stereocenters. The van der Waals surface area contributed by atoms with Crippen LogP contribution in [0.3, 0.4) is 0 Å². The first-order valence-corrected chi connectivity index (χ1v) is 7.56. The summed E-state index contributed by atoms with van der Waals surface area (Å²) >= 11 is 0. The molecule has 0 aromatic rings. The minimum absolute atomic E-state index is 0.0781. The van der Waals surface area contributed by atoms with Crippen molar-refractivity contribution in [3.8, 4) is 0 Å². The van der Waals surface area contributed by atoms with E-state index in [1.807, 2.05) is 13.8 Å². The van der Waals surface area contributed by atoms with Crippen molar-refractivity contribution < 1.29 is 14.3 Å². The maximum atomic E-state index is 12.4. The van der Waals surface area contributed by atoms with Gasteiger partial charge in [-0.05, 0) is 32.3 Å². The number of hydrogen-bond donors (Lipinski definition) is 3. The molecule has 0 aromatic heterocycles. The van der Waals surface area contributed by atoms with E-state index >= 15 is 0 Å². The summed E-state index contributed by atoms with van der Waals surface area (Å²) in [6.07, 6.45) is 2.16. The molecule has 3 aliphatic heterocycles. The molecule has 0 radical (unpaired) electrons. The highest BCUT2D eigenvalue weighted by molar-refractivity contribution is 6.05.